The molecule has 1 amide bonds. The summed E-state index contributed by atoms with van der Waals surface area (Å²) in [6, 6.07) is 6.73. The minimum atomic E-state index is 0.0790. The Hall–Kier alpha value is -1.35. The van der Waals surface area contributed by atoms with E-state index in [2.05, 4.69) is 56.5 Å². The molecule has 1 aliphatic rings. The van der Waals surface area contributed by atoms with Crippen molar-refractivity contribution in [3.63, 3.8) is 0 Å². The Labute approximate surface area is 128 Å². The van der Waals surface area contributed by atoms with Gasteiger partial charge in [-0.05, 0) is 48.4 Å². The van der Waals surface area contributed by atoms with Crippen LogP contribution < -0.4 is 10.6 Å². The minimum absolute atomic E-state index is 0.0790. The summed E-state index contributed by atoms with van der Waals surface area (Å²) in [5.74, 6) is 0.0790. The molecule has 0 saturated heterocycles. The molecular formula is C18H28N2O. The van der Waals surface area contributed by atoms with Gasteiger partial charge in [-0.1, -0.05) is 39.8 Å². The topological polar surface area (TPSA) is 41.1 Å². The molecule has 0 radical (unpaired) electrons. The van der Waals surface area contributed by atoms with Gasteiger partial charge in [0.1, 0.15) is 0 Å². The smallest absolute Gasteiger partial charge is 0.251 e. The third kappa shape index (κ3) is 4.31. The summed E-state index contributed by atoms with van der Waals surface area (Å²) in [7, 11) is 0. The van der Waals surface area contributed by atoms with Crippen LogP contribution in [-0.4, -0.2) is 19.0 Å². The van der Waals surface area contributed by atoms with Gasteiger partial charge in [0.2, 0.25) is 0 Å². The third-order valence-electron chi connectivity index (χ3n) is 3.96. The lowest BCUT2D eigenvalue weighted by atomic mass is 9.84. The number of carbonyl (C=O) groups excluding carboxylic acids is 1. The predicted molar refractivity (Wildman–Crippen MR) is 87.6 cm³/mol. The first-order valence-electron chi connectivity index (χ1n) is 8.05. The van der Waals surface area contributed by atoms with E-state index in [-0.39, 0.29) is 11.3 Å². The number of amides is 1. The average molecular weight is 288 g/mol. The largest absolute Gasteiger partial charge is 0.352 e. The maximum atomic E-state index is 12.2. The zero-order valence-corrected chi connectivity index (χ0v) is 13.8. The number of benzene rings is 1. The van der Waals surface area contributed by atoms with Crippen LogP contribution in [0.2, 0.25) is 0 Å². The molecule has 1 aromatic carbocycles. The van der Waals surface area contributed by atoms with Crippen molar-refractivity contribution in [2.45, 2.75) is 53.0 Å². The fraction of sp³-hybridized carbons (Fsp3) is 0.611. The summed E-state index contributed by atoms with van der Waals surface area (Å²) in [4.78, 5) is 12.2. The van der Waals surface area contributed by atoms with Crippen LogP contribution in [0.3, 0.4) is 0 Å². The molecule has 0 fully saturated rings. The average Bonchev–Trinajstić information content (AvgIpc) is 2.59. The van der Waals surface area contributed by atoms with Gasteiger partial charge in [-0.3, -0.25) is 4.79 Å². The van der Waals surface area contributed by atoms with E-state index in [4.69, 9.17) is 0 Å². The number of hydrogen-bond acceptors (Lipinski definition) is 2. The van der Waals surface area contributed by atoms with Crippen LogP contribution in [0.15, 0.2) is 18.2 Å². The van der Waals surface area contributed by atoms with Crippen molar-refractivity contribution in [2.24, 2.45) is 5.41 Å². The molecule has 1 heterocycles. The number of fused-ring (bicyclic) bond motifs is 1. The predicted octanol–water partition coefficient (Wildman–Crippen LogP) is 3.45. The fourth-order valence-corrected chi connectivity index (χ4v) is 2.98. The lowest BCUT2D eigenvalue weighted by Crippen LogP contribution is -2.27. The third-order valence-corrected chi connectivity index (χ3v) is 3.96. The van der Waals surface area contributed by atoms with Crippen LogP contribution >= 0.6 is 0 Å². The standard InChI is InChI=1S/C18H28N2O/c1-5-19-16(12-18(2,3)4)14-9-8-13-7-6-10-20-17(21)15(13)11-14/h8-9,11,16,19H,5-7,10,12H2,1-4H3,(H,20,21). The van der Waals surface area contributed by atoms with Crippen LogP contribution in [0.5, 0.6) is 0 Å². The monoisotopic (exact) mass is 288 g/mol. The van der Waals surface area contributed by atoms with Crippen LogP contribution in [0.4, 0.5) is 0 Å². The molecule has 0 spiro atoms. The van der Waals surface area contributed by atoms with Crippen molar-refractivity contribution in [3.05, 3.63) is 34.9 Å². The molecule has 2 N–H and O–H groups in total. The van der Waals surface area contributed by atoms with E-state index >= 15 is 0 Å². The Morgan fingerprint density at radius 2 is 2.10 bits per heavy atom. The molecule has 3 heteroatoms. The first kappa shape index (κ1) is 16.0. The van der Waals surface area contributed by atoms with Crippen molar-refractivity contribution >= 4 is 5.91 Å². The van der Waals surface area contributed by atoms with Crippen molar-refractivity contribution in [1.82, 2.24) is 10.6 Å². The summed E-state index contributed by atoms with van der Waals surface area (Å²) in [6.07, 6.45) is 3.07. The molecule has 3 nitrogen and oxygen atoms in total. The highest BCUT2D eigenvalue weighted by Gasteiger charge is 2.22. The van der Waals surface area contributed by atoms with Gasteiger partial charge in [0.05, 0.1) is 0 Å². The number of hydrogen-bond donors (Lipinski definition) is 2. The minimum Gasteiger partial charge on any atom is -0.352 e. The molecule has 1 atom stereocenters. The Kier molecular flexibility index (Phi) is 5.04. The molecule has 0 aromatic heterocycles. The number of rotatable bonds is 4. The maximum Gasteiger partial charge on any atom is 0.251 e. The fourth-order valence-electron chi connectivity index (χ4n) is 2.98. The summed E-state index contributed by atoms with van der Waals surface area (Å²) >= 11 is 0. The van der Waals surface area contributed by atoms with Crippen molar-refractivity contribution in [3.8, 4) is 0 Å². The van der Waals surface area contributed by atoms with Gasteiger partial charge in [-0.15, -0.1) is 0 Å². The van der Waals surface area contributed by atoms with E-state index in [0.29, 0.717) is 6.04 Å². The molecule has 1 unspecified atom stereocenters. The molecule has 0 aliphatic carbocycles. The van der Waals surface area contributed by atoms with Crippen molar-refractivity contribution in [2.75, 3.05) is 13.1 Å². The molecule has 1 aliphatic heterocycles. The molecule has 0 saturated carbocycles. The molecule has 116 valence electrons. The van der Waals surface area contributed by atoms with Crippen LogP contribution in [-0.2, 0) is 6.42 Å². The van der Waals surface area contributed by atoms with Crippen molar-refractivity contribution < 1.29 is 4.79 Å². The van der Waals surface area contributed by atoms with E-state index in [1.165, 1.54) is 11.1 Å². The summed E-state index contributed by atoms with van der Waals surface area (Å²) in [6.45, 7) is 10.6. The van der Waals surface area contributed by atoms with Crippen LogP contribution in [0.25, 0.3) is 0 Å². The van der Waals surface area contributed by atoms with Gasteiger partial charge in [0.15, 0.2) is 0 Å². The van der Waals surface area contributed by atoms with Gasteiger partial charge in [0, 0.05) is 18.2 Å². The first-order valence-corrected chi connectivity index (χ1v) is 8.05. The Morgan fingerprint density at radius 1 is 1.33 bits per heavy atom. The second-order valence-electron chi connectivity index (χ2n) is 7.15. The van der Waals surface area contributed by atoms with Crippen LogP contribution in [0, 0.1) is 5.41 Å². The zero-order chi connectivity index (χ0) is 15.5. The SMILES string of the molecule is CCNC(CC(C)(C)C)c1ccc2c(c1)C(=O)NCCC2. The van der Waals surface area contributed by atoms with Gasteiger partial charge in [0.25, 0.3) is 5.91 Å². The van der Waals surface area contributed by atoms with Gasteiger partial charge < -0.3 is 10.6 Å². The Bertz CT molecular complexity index is 502. The summed E-state index contributed by atoms with van der Waals surface area (Å²) < 4.78 is 0. The highest BCUT2D eigenvalue weighted by atomic mass is 16.1. The molecular weight excluding hydrogens is 260 g/mol. The first-order chi connectivity index (χ1) is 9.90. The Morgan fingerprint density at radius 3 is 2.76 bits per heavy atom. The lowest BCUT2D eigenvalue weighted by Gasteiger charge is -2.27. The highest BCUT2D eigenvalue weighted by molar-refractivity contribution is 5.96. The van der Waals surface area contributed by atoms with Gasteiger partial charge >= 0.3 is 0 Å². The van der Waals surface area contributed by atoms with E-state index in [0.717, 1.165) is 37.9 Å². The number of aryl methyl sites for hydroxylation is 1. The number of nitrogens with one attached hydrogen (secondary N) is 2. The highest BCUT2D eigenvalue weighted by Crippen LogP contribution is 2.30. The summed E-state index contributed by atoms with van der Waals surface area (Å²) in [5.41, 5.74) is 3.52. The molecule has 1 aromatic rings. The van der Waals surface area contributed by atoms with Gasteiger partial charge in [-0.2, -0.15) is 0 Å². The lowest BCUT2D eigenvalue weighted by molar-refractivity contribution is 0.0956. The zero-order valence-electron chi connectivity index (χ0n) is 13.8. The number of carbonyl (C=O) groups is 1. The van der Waals surface area contributed by atoms with E-state index < -0.39 is 0 Å². The van der Waals surface area contributed by atoms with Gasteiger partial charge in [-0.25, -0.2) is 0 Å². The molecule has 2 rings (SSSR count). The quantitative estimate of drug-likeness (QED) is 0.891. The normalized spacial score (nSPS) is 16.9. The van der Waals surface area contributed by atoms with E-state index in [9.17, 15) is 4.79 Å². The molecule has 21 heavy (non-hydrogen) atoms. The van der Waals surface area contributed by atoms with Crippen LogP contribution in [0.1, 0.15) is 68.1 Å². The molecule has 0 bridgehead atoms. The Balaban J connectivity index is 2.31. The van der Waals surface area contributed by atoms with Crippen molar-refractivity contribution in [1.29, 1.82) is 0 Å². The summed E-state index contributed by atoms with van der Waals surface area (Å²) in [5, 5.41) is 6.55. The second kappa shape index (κ2) is 6.61. The van der Waals surface area contributed by atoms with E-state index in [1.807, 2.05) is 0 Å². The van der Waals surface area contributed by atoms with E-state index in [1.54, 1.807) is 0 Å². The second-order valence-corrected chi connectivity index (χ2v) is 7.15. The maximum absolute atomic E-state index is 12.2.